The van der Waals surface area contributed by atoms with Crippen molar-refractivity contribution in [1.29, 1.82) is 0 Å². The first-order chi connectivity index (χ1) is 14.0. The lowest BCUT2D eigenvalue weighted by Crippen LogP contribution is -2.06. The van der Waals surface area contributed by atoms with E-state index in [4.69, 9.17) is 18.9 Å². The first-order valence-electron chi connectivity index (χ1n) is 9.12. The van der Waals surface area contributed by atoms with Crippen LogP contribution in [-0.4, -0.2) is 34.2 Å². The fraction of sp³-hybridized carbons (Fsp3) is 0.208. The minimum Gasteiger partial charge on any atom is -0.497 e. The smallest absolute Gasteiger partial charge is 0.203 e. The Morgan fingerprint density at radius 3 is 1.83 bits per heavy atom. The summed E-state index contributed by atoms with van der Waals surface area (Å²) in [6.45, 7) is 1.92. The number of benzene rings is 3. The number of carbonyl (C=O) groups is 1. The monoisotopic (exact) mass is 394 g/mol. The van der Waals surface area contributed by atoms with Crippen LogP contribution in [0.1, 0.15) is 22.9 Å². The van der Waals surface area contributed by atoms with E-state index in [2.05, 4.69) is 0 Å². The van der Waals surface area contributed by atoms with Crippen LogP contribution in [0.25, 0.3) is 11.1 Å². The minimum absolute atomic E-state index is 0. The summed E-state index contributed by atoms with van der Waals surface area (Å²) in [4.78, 5) is 13.3. The van der Waals surface area contributed by atoms with Gasteiger partial charge in [-0.25, -0.2) is 0 Å². The molecular formula is C24H26O5. The summed E-state index contributed by atoms with van der Waals surface area (Å²) >= 11 is 0. The summed E-state index contributed by atoms with van der Waals surface area (Å²) < 4.78 is 21.3. The van der Waals surface area contributed by atoms with Crippen molar-refractivity contribution in [2.24, 2.45) is 0 Å². The fourth-order valence-electron chi connectivity index (χ4n) is 3.20. The van der Waals surface area contributed by atoms with E-state index in [9.17, 15) is 4.79 Å². The molecule has 0 saturated heterocycles. The molecule has 0 aromatic heterocycles. The van der Waals surface area contributed by atoms with Gasteiger partial charge >= 0.3 is 0 Å². The maximum atomic E-state index is 13.3. The Bertz CT molecular complexity index is 1000. The van der Waals surface area contributed by atoms with Crippen molar-refractivity contribution < 1.29 is 25.2 Å². The van der Waals surface area contributed by atoms with Crippen LogP contribution in [0.4, 0.5) is 0 Å². The van der Waals surface area contributed by atoms with Gasteiger partial charge in [0.25, 0.3) is 0 Å². The van der Waals surface area contributed by atoms with E-state index in [0.717, 1.165) is 22.4 Å². The van der Waals surface area contributed by atoms with Gasteiger partial charge in [0, 0.05) is 12.6 Å². The van der Waals surface area contributed by atoms with Crippen molar-refractivity contribution in [3.05, 3.63) is 71.3 Å². The van der Waals surface area contributed by atoms with Crippen molar-refractivity contribution in [2.45, 2.75) is 6.92 Å². The normalized spacial score (nSPS) is 10.4. The highest BCUT2D eigenvalue weighted by Gasteiger charge is 2.19. The van der Waals surface area contributed by atoms with Crippen molar-refractivity contribution in [3.8, 4) is 34.1 Å². The van der Waals surface area contributed by atoms with E-state index in [1.165, 1.54) is 21.3 Å². The highest BCUT2D eigenvalue weighted by molar-refractivity contribution is 6.11. The van der Waals surface area contributed by atoms with E-state index in [-0.39, 0.29) is 7.21 Å². The largest absolute Gasteiger partial charge is 0.497 e. The van der Waals surface area contributed by atoms with Crippen LogP contribution in [0.3, 0.4) is 0 Å². The lowest BCUT2D eigenvalue weighted by molar-refractivity contribution is 0.103. The van der Waals surface area contributed by atoms with Crippen LogP contribution in [0.5, 0.6) is 23.0 Å². The van der Waals surface area contributed by atoms with Gasteiger partial charge in [-0.05, 0) is 53.9 Å². The summed E-state index contributed by atoms with van der Waals surface area (Å²) in [5.41, 5.74) is 3.93. The highest BCUT2D eigenvalue weighted by atomic mass is 16.5. The Balaban J connectivity index is 0.00000320. The summed E-state index contributed by atoms with van der Waals surface area (Å²) in [6.07, 6.45) is 0. The zero-order chi connectivity index (χ0) is 21.0. The number of rotatable bonds is 7. The third-order valence-corrected chi connectivity index (χ3v) is 4.83. The predicted octanol–water partition coefficient (Wildman–Crippen LogP) is 5.17. The third-order valence-electron chi connectivity index (χ3n) is 4.83. The number of hydrogen-bond donors (Lipinski definition) is 0. The van der Waals surface area contributed by atoms with Gasteiger partial charge in [0.1, 0.15) is 5.75 Å². The number of hydrogen-bond acceptors (Lipinski definition) is 5. The summed E-state index contributed by atoms with van der Waals surface area (Å²) in [5, 5.41) is 0. The number of carbonyl (C=O) groups excluding carboxylic acids is 1. The Morgan fingerprint density at radius 1 is 0.724 bits per heavy atom. The van der Waals surface area contributed by atoms with Crippen LogP contribution in [0.15, 0.2) is 54.6 Å². The fourth-order valence-corrected chi connectivity index (χ4v) is 3.20. The molecule has 0 atom stereocenters. The third kappa shape index (κ3) is 4.04. The molecule has 0 spiro atoms. The second kappa shape index (κ2) is 8.69. The quantitative estimate of drug-likeness (QED) is 0.517. The lowest BCUT2D eigenvalue weighted by Gasteiger charge is -2.15. The molecule has 0 amide bonds. The Hall–Kier alpha value is -3.47. The second-order valence-corrected chi connectivity index (χ2v) is 6.50. The van der Waals surface area contributed by atoms with E-state index in [1.54, 1.807) is 19.2 Å². The van der Waals surface area contributed by atoms with E-state index >= 15 is 0 Å². The average Bonchev–Trinajstić information content (AvgIpc) is 2.77. The Kier molecular flexibility index (Phi) is 6.07. The molecule has 0 bridgehead atoms. The lowest BCUT2D eigenvalue weighted by atomic mass is 9.94. The maximum absolute atomic E-state index is 13.3. The van der Waals surface area contributed by atoms with Crippen molar-refractivity contribution in [2.75, 3.05) is 28.4 Å². The Labute approximate surface area is 172 Å². The molecule has 3 aromatic carbocycles. The van der Waals surface area contributed by atoms with Crippen LogP contribution >= 0.6 is 0 Å². The van der Waals surface area contributed by atoms with Gasteiger partial charge in [0.15, 0.2) is 17.3 Å². The molecule has 0 aliphatic carbocycles. The molecule has 0 N–H and O–H groups in total. The van der Waals surface area contributed by atoms with Gasteiger partial charge in [-0.1, -0.05) is 24.3 Å². The molecule has 0 unspecified atom stereocenters. The van der Waals surface area contributed by atoms with Crippen LogP contribution in [-0.2, 0) is 0 Å². The molecule has 152 valence electrons. The van der Waals surface area contributed by atoms with Gasteiger partial charge < -0.3 is 18.9 Å². The molecule has 3 rings (SSSR count). The van der Waals surface area contributed by atoms with Crippen molar-refractivity contribution >= 4 is 5.78 Å². The first kappa shape index (κ1) is 20.3. The van der Waals surface area contributed by atoms with E-state index < -0.39 is 0 Å². The van der Waals surface area contributed by atoms with Crippen molar-refractivity contribution in [1.82, 2.24) is 0 Å². The van der Waals surface area contributed by atoms with Gasteiger partial charge in [0.2, 0.25) is 5.75 Å². The number of ether oxygens (including phenoxy) is 4. The SMILES string of the molecule is COc1ccc(-c2ccc(C)c(C(=O)c3cc(OC)c(OC)c(OC)c3)c2)cc1.[HH]. The van der Waals surface area contributed by atoms with E-state index in [0.29, 0.717) is 28.4 Å². The van der Waals surface area contributed by atoms with Crippen LogP contribution in [0, 0.1) is 6.92 Å². The Morgan fingerprint density at radius 2 is 1.31 bits per heavy atom. The van der Waals surface area contributed by atoms with E-state index in [1.807, 2.05) is 49.4 Å². The molecule has 0 saturated carbocycles. The molecule has 0 aliphatic heterocycles. The van der Waals surface area contributed by atoms with Crippen molar-refractivity contribution in [3.63, 3.8) is 0 Å². The molecule has 0 fully saturated rings. The zero-order valence-corrected chi connectivity index (χ0v) is 17.2. The first-order valence-corrected chi connectivity index (χ1v) is 9.12. The number of ketones is 1. The number of methoxy groups -OCH3 is 4. The summed E-state index contributed by atoms with van der Waals surface area (Å²) in [7, 11) is 6.22. The molecule has 5 heteroatoms. The second-order valence-electron chi connectivity index (χ2n) is 6.50. The summed E-state index contributed by atoms with van der Waals surface area (Å²) in [5.74, 6) is 2.01. The molecule has 5 nitrogen and oxygen atoms in total. The van der Waals surface area contributed by atoms with Gasteiger partial charge in [-0.2, -0.15) is 0 Å². The molecule has 3 aromatic rings. The van der Waals surface area contributed by atoms with Crippen LogP contribution < -0.4 is 18.9 Å². The molecule has 0 radical (unpaired) electrons. The maximum Gasteiger partial charge on any atom is 0.203 e. The topological polar surface area (TPSA) is 54.0 Å². The minimum atomic E-state index is -0.114. The van der Waals surface area contributed by atoms with Gasteiger partial charge in [0.05, 0.1) is 28.4 Å². The van der Waals surface area contributed by atoms with Crippen LogP contribution in [0.2, 0.25) is 0 Å². The summed E-state index contributed by atoms with van der Waals surface area (Å²) in [6, 6.07) is 16.9. The molecule has 0 heterocycles. The van der Waals surface area contributed by atoms with Gasteiger partial charge in [-0.3, -0.25) is 4.79 Å². The standard InChI is InChI=1S/C24H24O5.H2/c1-15-6-7-17(16-8-10-19(26-2)11-9-16)12-20(15)23(25)18-13-21(27-3)24(29-5)22(14-18)28-4;/h6-14H,1-5H3;1H. The average molecular weight is 394 g/mol. The number of aryl methyl sites for hydroxylation is 1. The molecular weight excluding hydrogens is 368 g/mol. The predicted molar refractivity (Wildman–Crippen MR) is 115 cm³/mol. The van der Waals surface area contributed by atoms with Gasteiger partial charge in [-0.15, -0.1) is 0 Å². The zero-order valence-electron chi connectivity index (χ0n) is 17.2. The molecule has 0 aliphatic rings. The highest BCUT2D eigenvalue weighted by Crippen LogP contribution is 2.39. The molecule has 29 heavy (non-hydrogen) atoms.